The van der Waals surface area contributed by atoms with Gasteiger partial charge in [-0.05, 0) is 38.5 Å². The average molecular weight is 942 g/mol. The average Bonchev–Trinajstić information content (AvgIpc) is 3.32. The molecule has 1 rings (SSSR count). The van der Waals surface area contributed by atoms with Crippen molar-refractivity contribution in [2.45, 2.75) is 319 Å². The summed E-state index contributed by atoms with van der Waals surface area (Å²) >= 11 is 0. The van der Waals surface area contributed by atoms with Crippen LogP contribution in [0.4, 0.5) is 0 Å². The van der Waals surface area contributed by atoms with Crippen LogP contribution in [0.3, 0.4) is 0 Å². The summed E-state index contributed by atoms with van der Waals surface area (Å²) in [6, 6.07) is -1.18. The lowest BCUT2D eigenvalue weighted by Crippen LogP contribution is -2.60. The second-order valence-corrected chi connectivity index (χ2v) is 20.0. The topological polar surface area (TPSA) is 189 Å². The molecule has 1 aliphatic heterocycles. The molecule has 1 heterocycles. The SMILES string of the molecule is CCCCCCCCCCCCC/C=C/CCCC(O)C(O)C(COC1OC(CO)C(O)C(O)C1O)NC(=O)C(O)CCCCCCCCCCCCCCCCCCCCCCCCC. The maximum Gasteiger partial charge on any atom is 0.249 e. The third kappa shape index (κ3) is 33.4. The maximum atomic E-state index is 13.2. The Balaban J connectivity index is 2.32. The molecule has 392 valence electrons. The van der Waals surface area contributed by atoms with Crippen LogP contribution in [0.5, 0.6) is 0 Å². The molecule has 0 spiro atoms. The van der Waals surface area contributed by atoms with Crippen LogP contribution in [0, 0.1) is 0 Å². The Bertz CT molecular complexity index is 1080. The minimum atomic E-state index is -1.66. The normalized spacial score (nSPS) is 20.8. The molecule has 1 aliphatic rings. The Morgan fingerprint density at radius 2 is 0.894 bits per heavy atom. The van der Waals surface area contributed by atoms with Crippen molar-refractivity contribution >= 4 is 5.91 Å². The molecule has 0 bridgehead atoms. The van der Waals surface area contributed by atoms with Crippen LogP contribution in [0.2, 0.25) is 0 Å². The number of amides is 1. The summed E-state index contributed by atoms with van der Waals surface area (Å²) in [5, 5.41) is 76.0. The molecular weight excluding hydrogens is 835 g/mol. The molecule has 0 aliphatic carbocycles. The van der Waals surface area contributed by atoms with E-state index in [0.29, 0.717) is 12.8 Å². The van der Waals surface area contributed by atoms with Crippen LogP contribution in [0.25, 0.3) is 0 Å². The first-order chi connectivity index (χ1) is 32.2. The highest BCUT2D eigenvalue weighted by molar-refractivity contribution is 5.80. The van der Waals surface area contributed by atoms with E-state index in [-0.39, 0.29) is 12.8 Å². The summed E-state index contributed by atoms with van der Waals surface area (Å²) in [7, 11) is 0. The molecule has 1 fully saturated rings. The molecule has 66 heavy (non-hydrogen) atoms. The van der Waals surface area contributed by atoms with Gasteiger partial charge in [-0.25, -0.2) is 0 Å². The first kappa shape index (κ1) is 62.9. The predicted molar refractivity (Wildman–Crippen MR) is 270 cm³/mol. The second-order valence-electron chi connectivity index (χ2n) is 20.0. The van der Waals surface area contributed by atoms with Gasteiger partial charge in [0.05, 0.1) is 25.4 Å². The number of hydrogen-bond acceptors (Lipinski definition) is 10. The summed E-state index contributed by atoms with van der Waals surface area (Å²) < 4.78 is 11.1. The highest BCUT2D eigenvalue weighted by Crippen LogP contribution is 2.23. The highest BCUT2D eigenvalue weighted by atomic mass is 16.7. The quantitative estimate of drug-likeness (QED) is 0.0215. The molecule has 0 saturated carbocycles. The minimum Gasteiger partial charge on any atom is -0.394 e. The fourth-order valence-corrected chi connectivity index (χ4v) is 9.21. The van der Waals surface area contributed by atoms with Crippen LogP contribution >= 0.6 is 0 Å². The number of unbranched alkanes of at least 4 members (excludes halogenated alkanes) is 34. The van der Waals surface area contributed by atoms with Gasteiger partial charge in [0.15, 0.2) is 6.29 Å². The molecular formula is C55H107NO10. The van der Waals surface area contributed by atoms with Crippen molar-refractivity contribution in [3.05, 3.63) is 12.2 Å². The lowest BCUT2D eigenvalue weighted by atomic mass is 9.98. The third-order valence-corrected chi connectivity index (χ3v) is 13.8. The lowest BCUT2D eigenvalue weighted by molar-refractivity contribution is -0.303. The number of rotatable bonds is 48. The molecule has 0 aromatic carbocycles. The van der Waals surface area contributed by atoms with Crippen molar-refractivity contribution in [3.8, 4) is 0 Å². The number of allylic oxidation sites excluding steroid dienone is 2. The van der Waals surface area contributed by atoms with E-state index in [1.165, 1.54) is 186 Å². The Morgan fingerprint density at radius 1 is 0.515 bits per heavy atom. The molecule has 11 nitrogen and oxygen atoms in total. The van der Waals surface area contributed by atoms with E-state index in [1.54, 1.807) is 0 Å². The van der Waals surface area contributed by atoms with Crippen molar-refractivity contribution in [1.82, 2.24) is 5.32 Å². The second kappa shape index (κ2) is 45.0. The zero-order chi connectivity index (χ0) is 48.3. The van der Waals surface area contributed by atoms with Crippen LogP contribution in [0.1, 0.15) is 264 Å². The number of hydrogen-bond donors (Lipinski definition) is 8. The van der Waals surface area contributed by atoms with Gasteiger partial charge in [-0.2, -0.15) is 0 Å². The van der Waals surface area contributed by atoms with Crippen molar-refractivity contribution in [2.24, 2.45) is 0 Å². The number of carbonyl (C=O) groups is 1. The van der Waals surface area contributed by atoms with Crippen LogP contribution in [-0.2, 0) is 14.3 Å². The van der Waals surface area contributed by atoms with Crippen LogP contribution < -0.4 is 5.32 Å². The van der Waals surface area contributed by atoms with E-state index in [0.717, 1.165) is 38.5 Å². The van der Waals surface area contributed by atoms with E-state index >= 15 is 0 Å². The van der Waals surface area contributed by atoms with E-state index < -0.39 is 74.2 Å². The summed E-state index contributed by atoms with van der Waals surface area (Å²) in [5.41, 5.74) is 0. The maximum absolute atomic E-state index is 13.2. The van der Waals surface area contributed by atoms with Crippen molar-refractivity contribution < 1.29 is 50.0 Å². The van der Waals surface area contributed by atoms with Gasteiger partial charge in [-0.15, -0.1) is 0 Å². The number of nitrogens with one attached hydrogen (secondary N) is 1. The number of ether oxygens (including phenoxy) is 2. The first-order valence-electron chi connectivity index (χ1n) is 28.1. The summed E-state index contributed by atoms with van der Waals surface area (Å²) in [5.74, 6) is -0.701. The minimum absolute atomic E-state index is 0.259. The molecule has 1 saturated heterocycles. The van der Waals surface area contributed by atoms with Crippen molar-refractivity contribution in [2.75, 3.05) is 13.2 Å². The van der Waals surface area contributed by atoms with E-state index in [4.69, 9.17) is 9.47 Å². The highest BCUT2D eigenvalue weighted by Gasteiger charge is 2.44. The summed E-state index contributed by atoms with van der Waals surface area (Å²) in [6.07, 6.45) is 39.8. The Morgan fingerprint density at radius 3 is 1.30 bits per heavy atom. The van der Waals surface area contributed by atoms with E-state index in [9.17, 15) is 40.5 Å². The van der Waals surface area contributed by atoms with Gasteiger partial charge in [0.25, 0.3) is 0 Å². The predicted octanol–water partition coefficient (Wildman–Crippen LogP) is 11.2. The molecule has 0 radical (unpaired) electrons. The standard InChI is InChI=1S/C55H107NO10/c1-3-5-7-9-11-13-15-17-19-21-22-23-24-25-26-27-29-31-33-35-37-39-41-43-48(59)54(64)56-46(45-65-55-53(63)52(62)51(61)49(44-57)66-55)50(60)47(58)42-40-38-36-34-32-30-28-20-18-16-14-12-10-8-6-4-2/h34,36,46-53,55,57-63H,3-33,35,37-45H2,1-2H3,(H,56,64)/b36-34+. The molecule has 11 heteroatoms. The lowest BCUT2D eigenvalue weighted by Gasteiger charge is -2.40. The van der Waals surface area contributed by atoms with Crippen LogP contribution in [0.15, 0.2) is 12.2 Å². The monoisotopic (exact) mass is 942 g/mol. The molecule has 1 amide bonds. The molecule has 0 aromatic rings. The first-order valence-corrected chi connectivity index (χ1v) is 28.1. The largest absolute Gasteiger partial charge is 0.394 e. The van der Waals surface area contributed by atoms with Crippen molar-refractivity contribution in [1.29, 1.82) is 0 Å². The third-order valence-electron chi connectivity index (χ3n) is 13.8. The number of aliphatic hydroxyl groups is 7. The van der Waals surface area contributed by atoms with Crippen LogP contribution in [-0.4, -0.2) is 110 Å². The Kier molecular flexibility index (Phi) is 42.9. The van der Waals surface area contributed by atoms with Gasteiger partial charge < -0.3 is 50.5 Å². The zero-order valence-electron chi connectivity index (χ0n) is 42.7. The Hall–Kier alpha value is -1.15. The van der Waals surface area contributed by atoms with Gasteiger partial charge in [-0.1, -0.05) is 238 Å². The fraction of sp³-hybridized carbons (Fsp3) is 0.945. The van der Waals surface area contributed by atoms with Gasteiger partial charge in [-0.3, -0.25) is 4.79 Å². The van der Waals surface area contributed by atoms with Gasteiger partial charge in [0.2, 0.25) is 5.91 Å². The summed E-state index contributed by atoms with van der Waals surface area (Å²) in [4.78, 5) is 13.2. The summed E-state index contributed by atoms with van der Waals surface area (Å²) in [6.45, 7) is 3.47. The van der Waals surface area contributed by atoms with Gasteiger partial charge in [0, 0.05) is 0 Å². The number of aliphatic hydroxyl groups excluding tert-OH is 7. The molecule has 9 unspecified atom stereocenters. The molecule has 9 atom stereocenters. The fourth-order valence-electron chi connectivity index (χ4n) is 9.21. The van der Waals surface area contributed by atoms with Gasteiger partial charge >= 0.3 is 0 Å². The molecule has 0 aromatic heterocycles. The Labute approximate surface area is 404 Å². The van der Waals surface area contributed by atoms with E-state index in [2.05, 4.69) is 31.3 Å². The molecule has 8 N–H and O–H groups in total. The smallest absolute Gasteiger partial charge is 0.249 e. The van der Waals surface area contributed by atoms with Crippen molar-refractivity contribution in [3.63, 3.8) is 0 Å². The number of carbonyl (C=O) groups excluding carboxylic acids is 1. The van der Waals surface area contributed by atoms with E-state index in [1.807, 2.05) is 0 Å². The van der Waals surface area contributed by atoms with Gasteiger partial charge in [0.1, 0.15) is 36.6 Å². The zero-order valence-corrected chi connectivity index (χ0v) is 42.7.